The molecule has 92 valence electrons. The van der Waals surface area contributed by atoms with Crippen molar-refractivity contribution in [2.24, 2.45) is 4.99 Å². The Bertz CT molecular complexity index is 668. The van der Waals surface area contributed by atoms with Gasteiger partial charge in [-0.1, -0.05) is 36.4 Å². The van der Waals surface area contributed by atoms with Crippen LogP contribution in [-0.2, 0) is 0 Å². The van der Waals surface area contributed by atoms with Crippen molar-refractivity contribution in [3.8, 4) is 5.69 Å². The largest absolute Gasteiger partial charge is 0.323 e. The fourth-order valence-corrected chi connectivity index (χ4v) is 1.99. The van der Waals surface area contributed by atoms with E-state index in [4.69, 9.17) is 0 Å². The third-order valence-electron chi connectivity index (χ3n) is 2.93. The van der Waals surface area contributed by atoms with Crippen molar-refractivity contribution >= 4 is 11.9 Å². The molecule has 2 heteroatoms. The minimum absolute atomic E-state index is 0.963. The monoisotopic (exact) mass is 246 g/mol. The number of nitrogens with zero attached hydrogens (tertiary/aromatic N) is 2. The van der Waals surface area contributed by atoms with Crippen LogP contribution in [0.25, 0.3) is 5.69 Å². The van der Waals surface area contributed by atoms with Crippen molar-refractivity contribution in [1.29, 1.82) is 0 Å². The lowest BCUT2D eigenvalue weighted by Crippen LogP contribution is -1.95. The van der Waals surface area contributed by atoms with Crippen LogP contribution in [0.5, 0.6) is 0 Å². The van der Waals surface area contributed by atoms with Crippen molar-refractivity contribution in [1.82, 2.24) is 4.57 Å². The highest BCUT2D eigenvalue weighted by Gasteiger charge is 2.00. The fraction of sp³-hybridized carbons (Fsp3) is 0. The van der Waals surface area contributed by atoms with E-state index in [1.54, 1.807) is 0 Å². The molecule has 0 bridgehead atoms. The minimum atomic E-state index is 0.963. The second-order valence-electron chi connectivity index (χ2n) is 4.24. The number of hydrogen-bond donors (Lipinski definition) is 0. The third kappa shape index (κ3) is 2.63. The number of rotatable bonds is 3. The van der Waals surface area contributed by atoms with E-state index in [1.165, 1.54) is 0 Å². The summed E-state index contributed by atoms with van der Waals surface area (Å²) in [5.41, 5.74) is 3.19. The Kier molecular flexibility index (Phi) is 3.24. The van der Waals surface area contributed by atoms with Crippen LogP contribution in [0.3, 0.4) is 0 Å². The molecule has 0 fully saturated rings. The van der Waals surface area contributed by atoms with Crippen molar-refractivity contribution in [3.63, 3.8) is 0 Å². The van der Waals surface area contributed by atoms with Crippen molar-refractivity contribution < 1.29 is 0 Å². The highest BCUT2D eigenvalue weighted by atomic mass is 14.9. The Labute approximate surface area is 112 Å². The van der Waals surface area contributed by atoms with E-state index in [9.17, 15) is 0 Å². The van der Waals surface area contributed by atoms with E-state index in [2.05, 4.69) is 21.7 Å². The lowest BCUT2D eigenvalue weighted by molar-refractivity contribution is 1.08. The molecule has 19 heavy (non-hydrogen) atoms. The first-order valence-corrected chi connectivity index (χ1v) is 6.25. The zero-order chi connectivity index (χ0) is 12.9. The Morgan fingerprint density at radius 3 is 2.21 bits per heavy atom. The van der Waals surface area contributed by atoms with Crippen molar-refractivity contribution in [3.05, 3.63) is 84.7 Å². The molecule has 0 aliphatic carbocycles. The van der Waals surface area contributed by atoms with Gasteiger partial charge in [-0.05, 0) is 30.3 Å². The molecule has 0 radical (unpaired) electrons. The van der Waals surface area contributed by atoms with Crippen LogP contribution in [0.15, 0.2) is 84.1 Å². The number of para-hydroxylation sites is 2. The molecule has 3 rings (SSSR count). The number of aromatic nitrogens is 1. The first-order chi connectivity index (χ1) is 9.43. The van der Waals surface area contributed by atoms with Gasteiger partial charge in [-0.3, -0.25) is 4.99 Å². The molecule has 0 N–H and O–H groups in total. The zero-order valence-electron chi connectivity index (χ0n) is 10.5. The maximum Gasteiger partial charge on any atom is 0.0629 e. The average molecular weight is 246 g/mol. The number of aliphatic imine (C=N–C) groups is 1. The van der Waals surface area contributed by atoms with Crippen LogP contribution in [0.2, 0.25) is 0 Å². The van der Waals surface area contributed by atoms with Crippen molar-refractivity contribution in [2.45, 2.75) is 0 Å². The molecule has 2 nitrogen and oxygen atoms in total. The average Bonchev–Trinajstić information content (AvgIpc) is 3.01. The van der Waals surface area contributed by atoms with Crippen molar-refractivity contribution in [2.75, 3.05) is 0 Å². The van der Waals surface area contributed by atoms with Gasteiger partial charge in [0.25, 0.3) is 0 Å². The Morgan fingerprint density at radius 2 is 1.42 bits per heavy atom. The molecule has 0 atom stereocenters. The van der Waals surface area contributed by atoms with Crippen LogP contribution >= 0.6 is 0 Å². The standard InChI is InChI=1S/C17H14N2/c1-2-9-16(10-3-1)18-14-15-8-4-5-11-17(15)19-12-6-7-13-19/h1-14H. The number of hydrogen-bond acceptors (Lipinski definition) is 1. The molecular formula is C17H14N2. The SMILES string of the molecule is C(=Nc1ccccc1)c1ccccc1-n1cccc1. The summed E-state index contributed by atoms with van der Waals surface area (Å²) in [4.78, 5) is 4.51. The summed E-state index contributed by atoms with van der Waals surface area (Å²) < 4.78 is 2.09. The number of benzene rings is 2. The molecule has 3 aromatic rings. The van der Waals surface area contributed by atoms with Gasteiger partial charge in [-0.15, -0.1) is 0 Å². The van der Waals surface area contributed by atoms with Crippen LogP contribution in [0.1, 0.15) is 5.56 Å². The molecule has 0 aliphatic rings. The second kappa shape index (κ2) is 5.36. The molecule has 0 spiro atoms. The molecule has 0 unspecified atom stereocenters. The van der Waals surface area contributed by atoms with E-state index in [0.29, 0.717) is 0 Å². The third-order valence-corrected chi connectivity index (χ3v) is 2.93. The van der Waals surface area contributed by atoms with Gasteiger partial charge >= 0.3 is 0 Å². The van der Waals surface area contributed by atoms with Gasteiger partial charge in [0.15, 0.2) is 0 Å². The summed E-state index contributed by atoms with van der Waals surface area (Å²) >= 11 is 0. The summed E-state index contributed by atoms with van der Waals surface area (Å²) in [6, 6.07) is 22.2. The quantitative estimate of drug-likeness (QED) is 0.615. The maximum atomic E-state index is 4.51. The van der Waals surface area contributed by atoms with E-state index >= 15 is 0 Å². The van der Waals surface area contributed by atoms with E-state index < -0.39 is 0 Å². The van der Waals surface area contributed by atoms with Crippen LogP contribution < -0.4 is 0 Å². The van der Waals surface area contributed by atoms with Gasteiger partial charge in [-0.2, -0.15) is 0 Å². The van der Waals surface area contributed by atoms with Gasteiger partial charge in [0.05, 0.1) is 11.4 Å². The topological polar surface area (TPSA) is 17.3 Å². The lowest BCUT2D eigenvalue weighted by atomic mass is 10.2. The second-order valence-corrected chi connectivity index (χ2v) is 4.24. The first kappa shape index (κ1) is 11.5. The summed E-state index contributed by atoms with van der Waals surface area (Å²) in [7, 11) is 0. The molecule has 0 saturated carbocycles. The fourth-order valence-electron chi connectivity index (χ4n) is 1.99. The van der Waals surface area contributed by atoms with Crippen LogP contribution in [0.4, 0.5) is 5.69 Å². The van der Waals surface area contributed by atoms with Gasteiger partial charge in [0.1, 0.15) is 0 Å². The Morgan fingerprint density at radius 1 is 0.737 bits per heavy atom. The van der Waals surface area contributed by atoms with Gasteiger partial charge in [0, 0.05) is 24.2 Å². The lowest BCUT2D eigenvalue weighted by Gasteiger charge is -2.06. The highest BCUT2D eigenvalue weighted by molar-refractivity contribution is 5.86. The summed E-state index contributed by atoms with van der Waals surface area (Å²) in [6.45, 7) is 0. The molecular weight excluding hydrogens is 232 g/mol. The molecule has 0 amide bonds. The normalized spacial score (nSPS) is 10.9. The van der Waals surface area contributed by atoms with Gasteiger partial charge in [-0.25, -0.2) is 0 Å². The summed E-state index contributed by atoms with van der Waals surface area (Å²) in [6.07, 6.45) is 5.98. The first-order valence-electron chi connectivity index (χ1n) is 6.25. The molecule has 0 saturated heterocycles. The molecule has 2 aromatic carbocycles. The van der Waals surface area contributed by atoms with Crippen LogP contribution in [0, 0.1) is 0 Å². The van der Waals surface area contributed by atoms with E-state index in [1.807, 2.05) is 73.2 Å². The minimum Gasteiger partial charge on any atom is -0.323 e. The Hall–Kier alpha value is -2.61. The molecule has 1 aromatic heterocycles. The smallest absolute Gasteiger partial charge is 0.0629 e. The van der Waals surface area contributed by atoms with E-state index in [0.717, 1.165) is 16.9 Å². The van der Waals surface area contributed by atoms with Crippen LogP contribution in [-0.4, -0.2) is 10.8 Å². The van der Waals surface area contributed by atoms with Gasteiger partial charge in [0.2, 0.25) is 0 Å². The predicted molar refractivity (Wildman–Crippen MR) is 79.5 cm³/mol. The van der Waals surface area contributed by atoms with Gasteiger partial charge < -0.3 is 4.57 Å². The maximum absolute atomic E-state index is 4.51. The Balaban J connectivity index is 1.96. The molecule has 0 aliphatic heterocycles. The predicted octanol–water partition coefficient (Wildman–Crippen LogP) is 4.23. The summed E-state index contributed by atoms with van der Waals surface area (Å²) in [5, 5.41) is 0. The van der Waals surface area contributed by atoms with E-state index in [-0.39, 0.29) is 0 Å². The summed E-state index contributed by atoms with van der Waals surface area (Å²) in [5.74, 6) is 0. The molecule has 1 heterocycles. The zero-order valence-corrected chi connectivity index (χ0v) is 10.5. The highest BCUT2D eigenvalue weighted by Crippen LogP contribution is 2.15.